The summed E-state index contributed by atoms with van der Waals surface area (Å²) in [6.07, 6.45) is 0. The third-order valence-corrected chi connectivity index (χ3v) is 4.94. The molecule has 1 aromatic carbocycles. The summed E-state index contributed by atoms with van der Waals surface area (Å²) in [5.74, 6) is -0.692. The van der Waals surface area contributed by atoms with Crippen LogP contribution in [0.4, 0.5) is 5.69 Å². The smallest absolute Gasteiger partial charge is 0.312 e. The highest BCUT2D eigenvalue weighted by Gasteiger charge is 2.69. The fraction of sp³-hybridized carbons (Fsp3) is 0.533. The molecule has 0 aliphatic heterocycles. The maximum Gasteiger partial charge on any atom is 0.312 e. The monoisotopic (exact) mass is 323 g/mol. The molecule has 0 aromatic heterocycles. The highest BCUT2D eigenvalue weighted by atomic mass is 28.4. The van der Waals surface area contributed by atoms with Crippen molar-refractivity contribution in [2.75, 3.05) is 7.11 Å². The number of nitrogens with zero attached hydrogens (tertiary/aromatic N) is 1. The number of nitro groups is 1. The van der Waals surface area contributed by atoms with E-state index in [0.717, 1.165) is 5.56 Å². The van der Waals surface area contributed by atoms with Crippen LogP contribution in [0.2, 0.25) is 19.6 Å². The van der Waals surface area contributed by atoms with E-state index in [-0.39, 0.29) is 23.5 Å². The zero-order chi connectivity index (χ0) is 16.7. The van der Waals surface area contributed by atoms with Crippen molar-refractivity contribution in [3.63, 3.8) is 0 Å². The molecule has 0 heterocycles. The minimum atomic E-state index is -1.93. The van der Waals surface area contributed by atoms with Gasteiger partial charge in [-0.1, -0.05) is 6.92 Å². The molecule has 1 saturated carbocycles. The predicted molar refractivity (Wildman–Crippen MR) is 83.9 cm³/mol. The van der Waals surface area contributed by atoms with E-state index in [1.54, 1.807) is 12.1 Å². The summed E-state index contributed by atoms with van der Waals surface area (Å²) < 4.78 is 11.2. The molecule has 3 atom stereocenters. The SMILES string of the molecule is COC(=O)C1C(C)C1(O[Si](C)(C)C)c1ccc([N+](=O)[O-])cc1. The molecule has 1 aliphatic carbocycles. The largest absolute Gasteiger partial charge is 0.469 e. The van der Waals surface area contributed by atoms with Gasteiger partial charge in [-0.25, -0.2) is 0 Å². The quantitative estimate of drug-likeness (QED) is 0.360. The summed E-state index contributed by atoms with van der Waals surface area (Å²) in [7, 11) is -0.569. The number of nitro benzene ring substituents is 1. The molecule has 1 aliphatic rings. The normalized spacial score (nSPS) is 27.3. The molecule has 0 N–H and O–H groups in total. The second kappa shape index (κ2) is 5.48. The number of hydrogen-bond acceptors (Lipinski definition) is 5. The Balaban J connectivity index is 2.42. The van der Waals surface area contributed by atoms with E-state index in [1.807, 2.05) is 6.92 Å². The first kappa shape index (κ1) is 16.6. The summed E-state index contributed by atoms with van der Waals surface area (Å²) in [5.41, 5.74) is 0.0884. The Labute approximate surface area is 130 Å². The summed E-state index contributed by atoms with van der Waals surface area (Å²) in [6, 6.07) is 6.25. The van der Waals surface area contributed by atoms with Crippen molar-refractivity contribution >= 4 is 20.0 Å². The lowest BCUT2D eigenvalue weighted by atomic mass is 10.0. The molecule has 0 bridgehead atoms. The maximum absolute atomic E-state index is 12.0. The molecule has 6 nitrogen and oxygen atoms in total. The number of hydrogen-bond donors (Lipinski definition) is 0. The van der Waals surface area contributed by atoms with Gasteiger partial charge in [0.05, 0.1) is 23.6 Å². The van der Waals surface area contributed by atoms with Gasteiger partial charge >= 0.3 is 5.97 Å². The molecule has 120 valence electrons. The van der Waals surface area contributed by atoms with E-state index < -0.39 is 18.8 Å². The number of carbonyl (C=O) groups excluding carboxylic acids is 1. The van der Waals surface area contributed by atoms with E-state index in [9.17, 15) is 14.9 Å². The Morgan fingerprint density at radius 2 is 1.82 bits per heavy atom. The maximum atomic E-state index is 12.0. The van der Waals surface area contributed by atoms with Crippen molar-refractivity contribution < 1.29 is 18.9 Å². The van der Waals surface area contributed by atoms with Crippen LogP contribution in [-0.2, 0) is 19.6 Å². The molecule has 2 rings (SSSR count). The van der Waals surface area contributed by atoms with Crippen LogP contribution in [0.3, 0.4) is 0 Å². The molecule has 0 saturated heterocycles. The van der Waals surface area contributed by atoms with Crippen molar-refractivity contribution in [3.8, 4) is 0 Å². The number of non-ortho nitro benzene ring substituents is 1. The van der Waals surface area contributed by atoms with Crippen molar-refractivity contribution in [1.29, 1.82) is 0 Å². The lowest BCUT2D eigenvalue weighted by Crippen LogP contribution is -2.35. The first-order valence-electron chi connectivity index (χ1n) is 7.16. The van der Waals surface area contributed by atoms with E-state index >= 15 is 0 Å². The highest BCUT2D eigenvalue weighted by Crippen LogP contribution is 2.62. The summed E-state index contributed by atoms with van der Waals surface area (Å²) >= 11 is 0. The van der Waals surface area contributed by atoms with Gasteiger partial charge in [0.25, 0.3) is 5.69 Å². The molecule has 22 heavy (non-hydrogen) atoms. The summed E-state index contributed by atoms with van der Waals surface area (Å²) in [5, 5.41) is 10.8. The van der Waals surface area contributed by atoms with Crippen molar-refractivity contribution in [2.24, 2.45) is 11.8 Å². The van der Waals surface area contributed by atoms with Gasteiger partial charge in [0.2, 0.25) is 0 Å². The van der Waals surface area contributed by atoms with Crippen molar-refractivity contribution in [3.05, 3.63) is 39.9 Å². The zero-order valence-corrected chi connectivity index (χ0v) is 14.5. The Hall–Kier alpha value is -1.73. The third kappa shape index (κ3) is 2.78. The highest BCUT2D eigenvalue weighted by molar-refractivity contribution is 6.69. The summed E-state index contributed by atoms with van der Waals surface area (Å²) in [4.78, 5) is 22.4. The predicted octanol–water partition coefficient (Wildman–Crippen LogP) is 3.08. The van der Waals surface area contributed by atoms with Gasteiger partial charge in [-0.15, -0.1) is 0 Å². The van der Waals surface area contributed by atoms with Crippen molar-refractivity contribution in [2.45, 2.75) is 32.2 Å². The fourth-order valence-electron chi connectivity index (χ4n) is 3.04. The Bertz CT molecular complexity index is 595. The topological polar surface area (TPSA) is 78.7 Å². The van der Waals surface area contributed by atoms with Gasteiger partial charge in [-0.2, -0.15) is 0 Å². The fourth-order valence-corrected chi connectivity index (χ4v) is 4.49. The van der Waals surface area contributed by atoms with E-state index in [2.05, 4.69) is 19.6 Å². The van der Waals surface area contributed by atoms with Crippen LogP contribution in [0.1, 0.15) is 12.5 Å². The van der Waals surface area contributed by atoms with E-state index in [1.165, 1.54) is 19.2 Å². The number of rotatable bonds is 5. The second-order valence-corrected chi connectivity index (χ2v) is 11.0. The molecule has 0 spiro atoms. The van der Waals surface area contributed by atoms with Gasteiger partial charge in [-0.3, -0.25) is 14.9 Å². The minimum Gasteiger partial charge on any atom is -0.469 e. The van der Waals surface area contributed by atoms with Crippen LogP contribution in [0.5, 0.6) is 0 Å². The Kier molecular flexibility index (Phi) is 4.14. The van der Waals surface area contributed by atoms with Crippen LogP contribution in [0.15, 0.2) is 24.3 Å². The Morgan fingerprint density at radius 3 is 2.23 bits per heavy atom. The standard InChI is InChI=1S/C15H21NO5Si/c1-10-13(14(17)20-2)15(10,21-22(3,4)5)11-6-8-12(9-7-11)16(18)19/h6-10,13H,1-5H3. The molecular formula is C15H21NO5Si. The van der Waals surface area contributed by atoms with Crippen LogP contribution in [0, 0.1) is 22.0 Å². The molecule has 0 radical (unpaired) electrons. The molecule has 1 aromatic rings. The molecular weight excluding hydrogens is 302 g/mol. The molecule has 7 heteroatoms. The van der Waals surface area contributed by atoms with Crippen LogP contribution >= 0.6 is 0 Å². The van der Waals surface area contributed by atoms with E-state index in [0.29, 0.717) is 0 Å². The first-order chi connectivity index (χ1) is 10.1. The van der Waals surface area contributed by atoms with Crippen LogP contribution in [-0.4, -0.2) is 26.3 Å². The second-order valence-electron chi connectivity index (χ2n) is 6.60. The number of benzene rings is 1. The van der Waals surface area contributed by atoms with E-state index in [4.69, 9.17) is 9.16 Å². The minimum absolute atomic E-state index is 0.0202. The zero-order valence-electron chi connectivity index (χ0n) is 13.5. The molecule has 3 unspecified atom stereocenters. The average molecular weight is 323 g/mol. The van der Waals surface area contributed by atoms with Gasteiger partial charge in [-0.05, 0) is 37.3 Å². The lowest BCUT2D eigenvalue weighted by Gasteiger charge is -2.28. The lowest BCUT2D eigenvalue weighted by molar-refractivity contribution is -0.384. The number of carbonyl (C=O) groups is 1. The Morgan fingerprint density at radius 1 is 1.27 bits per heavy atom. The number of esters is 1. The molecule has 1 fully saturated rings. The number of methoxy groups -OCH3 is 1. The van der Waals surface area contributed by atoms with Crippen LogP contribution < -0.4 is 0 Å². The van der Waals surface area contributed by atoms with Gasteiger partial charge in [0.1, 0.15) is 0 Å². The van der Waals surface area contributed by atoms with Gasteiger partial charge in [0.15, 0.2) is 8.32 Å². The van der Waals surface area contributed by atoms with Crippen molar-refractivity contribution in [1.82, 2.24) is 0 Å². The first-order valence-corrected chi connectivity index (χ1v) is 10.6. The van der Waals surface area contributed by atoms with Gasteiger partial charge in [0, 0.05) is 18.1 Å². The molecule has 0 amide bonds. The number of ether oxygens (including phenoxy) is 1. The average Bonchev–Trinajstić information content (AvgIpc) is 3.01. The summed E-state index contributed by atoms with van der Waals surface area (Å²) in [6.45, 7) is 8.11. The third-order valence-electron chi connectivity index (χ3n) is 3.99. The van der Waals surface area contributed by atoms with Gasteiger partial charge < -0.3 is 9.16 Å². The van der Waals surface area contributed by atoms with Crippen LogP contribution in [0.25, 0.3) is 0 Å².